The molecular formula is C11H11NO. The lowest BCUT2D eigenvalue weighted by molar-refractivity contribution is 0.582. The van der Waals surface area contributed by atoms with Gasteiger partial charge < -0.3 is 10.2 Å². The predicted octanol–water partition coefficient (Wildman–Crippen LogP) is 2.84. The number of nitrogen functional groups attached to an aromatic ring is 1. The highest BCUT2D eigenvalue weighted by atomic mass is 16.3. The summed E-state index contributed by atoms with van der Waals surface area (Å²) in [5, 5.41) is 0. The van der Waals surface area contributed by atoms with Crippen molar-refractivity contribution in [2.45, 2.75) is 6.92 Å². The molecule has 0 saturated carbocycles. The highest BCUT2D eigenvalue weighted by molar-refractivity contribution is 5.74. The van der Waals surface area contributed by atoms with E-state index < -0.39 is 0 Å². The van der Waals surface area contributed by atoms with Crippen LogP contribution in [0.25, 0.3) is 11.3 Å². The lowest BCUT2D eigenvalue weighted by Crippen LogP contribution is -1.92. The molecule has 1 heterocycles. The molecule has 1 aromatic heterocycles. The van der Waals surface area contributed by atoms with Crippen LogP contribution in [-0.4, -0.2) is 0 Å². The van der Waals surface area contributed by atoms with Gasteiger partial charge in [-0.25, -0.2) is 0 Å². The molecule has 2 nitrogen and oxygen atoms in total. The number of aryl methyl sites for hydroxylation is 1. The largest absolute Gasteiger partial charge is 0.464 e. The minimum atomic E-state index is 0.789. The molecule has 2 heteroatoms. The molecule has 13 heavy (non-hydrogen) atoms. The summed E-state index contributed by atoms with van der Waals surface area (Å²) in [5.74, 6) is 0.821. The summed E-state index contributed by atoms with van der Waals surface area (Å²) in [7, 11) is 0. The van der Waals surface area contributed by atoms with Gasteiger partial charge in [0.05, 0.1) is 6.26 Å². The third-order valence-corrected chi connectivity index (χ3v) is 2.11. The van der Waals surface area contributed by atoms with E-state index >= 15 is 0 Å². The normalized spacial score (nSPS) is 10.2. The Labute approximate surface area is 77.0 Å². The summed E-state index contributed by atoms with van der Waals surface area (Å²) in [4.78, 5) is 0. The third kappa shape index (κ3) is 1.31. The van der Waals surface area contributed by atoms with Gasteiger partial charge in [0.1, 0.15) is 5.76 Å². The maximum absolute atomic E-state index is 5.91. The fraction of sp³-hybridized carbons (Fsp3) is 0.0909. The van der Waals surface area contributed by atoms with Crippen LogP contribution in [0.1, 0.15) is 5.56 Å². The summed E-state index contributed by atoms with van der Waals surface area (Å²) in [6.07, 6.45) is 1.65. The maximum atomic E-state index is 5.91. The minimum Gasteiger partial charge on any atom is -0.464 e. The monoisotopic (exact) mass is 173 g/mol. The molecule has 0 radical (unpaired) electrons. The number of para-hydroxylation sites is 1. The number of anilines is 1. The standard InChI is InChI=1S/C11H11NO/c1-8-4-2-5-9(11(8)12)10-6-3-7-13-10/h2-7H,12H2,1H3. The molecule has 2 rings (SSSR count). The Morgan fingerprint density at radius 1 is 1.15 bits per heavy atom. The first-order valence-corrected chi connectivity index (χ1v) is 4.18. The van der Waals surface area contributed by atoms with E-state index in [1.165, 1.54) is 0 Å². The number of hydrogen-bond acceptors (Lipinski definition) is 2. The fourth-order valence-electron chi connectivity index (χ4n) is 1.33. The quantitative estimate of drug-likeness (QED) is 0.673. The lowest BCUT2D eigenvalue weighted by atomic mass is 10.1. The fourth-order valence-corrected chi connectivity index (χ4v) is 1.33. The Kier molecular flexibility index (Phi) is 1.81. The minimum absolute atomic E-state index is 0.789. The molecule has 0 bridgehead atoms. The Morgan fingerprint density at radius 3 is 2.69 bits per heavy atom. The van der Waals surface area contributed by atoms with Gasteiger partial charge >= 0.3 is 0 Å². The average Bonchev–Trinajstić information content (AvgIpc) is 2.62. The van der Waals surface area contributed by atoms with Crippen molar-refractivity contribution in [2.24, 2.45) is 0 Å². The molecule has 0 spiro atoms. The molecule has 2 N–H and O–H groups in total. The second-order valence-corrected chi connectivity index (χ2v) is 3.01. The van der Waals surface area contributed by atoms with Crippen molar-refractivity contribution < 1.29 is 4.42 Å². The molecule has 0 aliphatic heterocycles. The summed E-state index contributed by atoms with van der Waals surface area (Å²) in [6.45, 7) is 1.99. The van der Waals surface area contributed by atoms with Gasteiger partial charge in [-0.1, -0.05) is 12.1 Å². The van der Waals surface area contributed by atoms with Crippen LogP contribution in [-0.2, 0) is 0 Å². The highest BCUT2D eigenvalue weighted by Crippen LogP contribution is 2.28. The Bertz CT molecular complexity index is 404. The molecule has 0 aliphatic rings. The van der Waals surface area contributed by atoms with Crippen molar-refractivity contribution in [1.82, 2.24) is 0 Å². The Hall–Kier alpha value is -1.70. The van der Waals surface area contributed by atoms with Gasteiger partial charge in [-0.05, 0) is 30.7 Å². The number of hydrogen-bond donors (Lipinski definition) is 1. The SMILES string of the molecule is Cc1cccc(-c2ccco2)c1N. The molecule has 0 aliphatic carbocycles. The van der Waals surface area contributed by atoms with E-state index in [9.17, 15) is 0 Å². The number of rotatable bonds is 1. The first-order valence-electron chi connectivity index (χ1n) is 4.18. The molecule has 2 aromatic rings. The Balaban J connectivity index is 2.59. The van der Waals surface area contributed by atoms with Crippen LogP contribution in [0, 0.1) is 6.92 Å². The van der Waals surface area contributed by atoms with Gasteiger partial charge in [0.2, 0.25) is 0 Å². The van der Waals surface area contributed by atoms with E-state index in [-0.39, 0.29) is 0 Å². The summed E-state index contributed by atoms with van der Waals surface area (Å²) in [5.41, 5.74) is 8.74. The number of furan rings is 1. The molecule has 0 saturated heterocycles. The van der Waals surface area contributed by atoms with E-state index in [1.807, 2.05) is 37.3 Å². The lowest BCUT2D eigenvalue weighted by Gasteiger charge is -2.04. The smallest absolute Gasteiger partial charge is 0.135 e. The average molecular weight is 173 g/mol. The molecule has 0 unspecified atom stereocenters. The maximum Gasteiger partial charge on any atom is 0.135 e. The van der Waals surface area contributed by atoms with Gasteiger partial charge in [-0.2, -0.15) is 0 Å². The molecule has 0 atom stereocenters. The molecule has 0 amide bonds. The van der Waals surface area contributed by atoms with E-state index in [1.54, 1.807) is 6.26 Å². The number of nitrogens with two attached hydrogens (primary N) is 1. The summed E-state index contributed by atoms with van der Waals surface area (Å²) >= 11 is 0. The van der Waals surface area contributed by atoms with Crippen molar-refractivity contribution in [1.29, 1.82) is 0 Å². The van der Waals surface area contributed by atoms with Crippen LogP contribution in [0.4, 0.5) is 5.69 Å². The van der Waals surface area contributed by atoms with Crippen LogP contribution >= 0.6 is 0 Å². The van der Waals surface area contributed by atoms with Crippen molar-refractivity contribution in [3.05, 3.63) is 42.2 Å². The molecule has 0 fully saturated rings. The number of benzene rings is 1. The second-order valence-electron chi connectivity index (χ2n) is 3.01. The van der Waals surface area contributed by atoms with E-state index in [4.69, 9.17) is 10.2 Å². The second kappa shape index (κ2) is 2.98. The van der Waals surface area contributed by atoms with Crippen LogP contribution < -0.4 is 5.73 Å². The van der Waals surface area contributed by atoms with Crippen molar-refractivity contribution >= 4 is 5.69 Å². The van der Waals surface area contributed by atoms with Gasteiger partial charge in [0.15, 0.2) is 0 Å². The molecular weight excluding hydrogens is 162 g/mol. The predicted molar refractivity (Wildman–Crippen MR) is 53.3 cm³/mol. The van der Waals surface area contributed by atoms with Crippen LogP contribution in [0.2, 0.25) is 0 Å². The van der Waals surface area contributed by atoms with E-state index in [0.29, 0.717) is 0 Å². The molecule has 66 valence electrons. The van der Waals surface area contributed by atoms with E-state index in [2.05, 4.69) is 0 Å². The zero-order chi connectivity index (χ0) is 9.26. The third-order valence-electron chi connectivity index (χ3n) is 2.11. The zero-order valence-corrected chi connectivity index (χ0v) is 7.45. The van der Waals surface area contributed by atoms with Crippen molar-refractivity contribution in [3.63, 3.8) is 0 Å². The van der Waals surface area contributed by atoms with Crippen LogP contribution in [0.5, 0.6) is 0 Å². The highest BCUT2D eigenvalue weighted by Gasteiger charge is 2.05. The van der Waals surface area contributed by atoms with Gasteiger partial charge in [0, 0.05) is 11.3 Å². The first kappa shape index (κ1) is 7.92. The zero-order valence-electron chi connectivity index (χ0n) is 7.45. The molecule has 1 aromatic carbocycles. The van der Waals surface area contributed by atoms with Gasteiger partial charge in [-0.3, -0.25) is 0 Å². The van der Waals surface area contributed by atoms with Gasteiger partial charge in [0.25, 0.3) is 0 Å². The topological polar surface area (TPSA) is 39.2 Å². The van der Waals surface area contributed by atoms with Gasteiger partial charge in [-0.15, -0.1) is 0 Å². The van der Waals surface area contributed by atoms with E-state index in [0.717, 1.165) is 22.6 Å². The van der Waals surface area contributed by atoms with Crippen molar-refractivity contribution in [2.75, 3.05) is 5.73 Å². The Morgan fingerprint density at radius 2 is 2.00 bits per heavy atom. The van der Waals surface area contributed by atoms with Crippen LogP contribution in [0.3, 0.4) is 0 Å². The van der Waals surface area contributed by atoms with Crippen LogP contribution in [0.15, 0.2) is 41.0 Å². The summed E-state index contributed by atoms with van der Waals surface area (Å²) in [6, 6.07) is 9.69. The first-order chi connectivity index (χ1) is 6.29. The summed E-state index contributed by atoms with van der Waals surface area (Å²) < 4.78 is 5.28. The van der Waals surface area contributed by atoms with Crippen molar-refractivity contribution in [3.8, 4) is 11.3 Å².